The summed E-state index contributed by atoms with van der Waals surface area (Å²) in [6.45, 7) is 7.31. The second-order valence-electron chi connectivity index (χ2n) is 5.81. The SMILES string of the molecule is CCC(C)(C)Cn1c(SCC(=O)O)nc2ccc(Cl)cc21. The highest BCUT2D eigenvalue weighted by Crippen LogP contribution is 2.31. The Labute approximate surface area is 133 Å². The van der Waals surface area contributed by atoms with Crippen LogP contribution in [0.5, 0.6) is 0 Å². The number of nitrogens with zero attached hydrogens (tertiary/aromatic N) is 2. The maximum Gasteiger partial charge on any atom is 0.313 e. The van der Waals surface area contributed by atoms with E-state index in [0.29, 0.717) is 5.02 Å². The van der Waals surface area contributed by atoms with Crippen LogP contribution in [0.15, 0.2) is 23.4 Å². The number of carboxylic acids is 1. The van der Waals surface area contributed by atoms with Crippen LogP contribution >= 0.6 is 23.4 Å². The third kappa shape index (κ3) is 3.92. The first-order valence-electron chi connectivity index (χ1n) is 6.83. The first kappa shape index (κ1) is 16.2. The molecule has 0 amide bonds. The van der Waals surface area contributed by atoms with Gasteiger partial charge in [-0.3, -0.25) is 4.79 Å². The second-order valence-corrected chi connectivity index (χ2v) is 7.19. The molecule has 1 N–H and O–H groups in total. The number of hydrogen-bond donors (Lipinski definition) is 1. The van der Waals surface area contributed by atoms with Crippen LogP contribution in [0.25, 0.3) is 11.0 Å². The first-order valence-corrected chi connectivity index (χ1v) is 8.19. The lowest BCUT2D eigenvalue weighted by molar-refractivity contribution is -0.133. The number of carbonyl (C=O) groups is 1. The van der Waals surface area contributed by atoms with Gasteiger partial charge in [0.25, 0.3) is 0 Å². The molecule has 0 aliphatic heterocycles. The van der Waals surface area contributed by atoms with Gasteiger partial charge >= 0.3 is 5.97 Å². The molecule has 0 atom stereocenters. The maximum absolute atomic E-state index is 10.8. The number of aliphatic carboxylic acids is 1. The van der Waals surface area contributed by atoms with Crippen molar-refractivity contribution in [3.8, 4) is 0 Å². The molecule has 0 spiro atoms. The van der Waals surface area contributed by atoms with E-state index < -0.39 is 5.97 Å². The predicted molar refractivity (Wildman–Crippen MR) is 87.2 cm³/mol. The Morgan fingerprint density at radius 1 is 1.48 bits per heavy atom. The van der Waals surface area contributed by atoms with Crippen molar-refractivity contribution < 1.29 is 9.90 Å². The van der Waals surface area contributed by atoms with E-state index in [1.807, 2.05) is 12.1 Å². The molecule has 1 aromatic heterocycles. The van der Waals surface area contributed by atoms with Gasteiger partial charge in [0.2, 0.25) is 0 Å². The van der Waals surface area contributed by atoms with Crippen LogP contribution in [0, 0.1) is 5.41 Å². The number of aromatic nitrogens is 2. The fourth-order valence-electron chi connectivity index (χ4n) is 2.00. The Kier molecular flexibility index (Phi) is 4.84. The lowest BCUT2D eigenvalue weighted by Gasteiger charge is -2.24. The van der Waals surface area contributed by atoms with Crippen LogP contribution in [-0.2, 0) is 11.3 Å². The van der Waals surface area contributed by atoms with E-state index in [1.165, 1.54) is 11.8 Å². The number of halogens is 1. The molecule has 114 valence electrons. The van der Waals surface area contributed by atoms with Crippen LogP contribution in [0.2, 0.25) is 5.02 Å². The Bertz CT molecular complexity index is 667. The highest BCUT2D eigenvalue weighted by molar-refractivity contribution is 7.99. The van der Waals surface area contributed by atoms with Crippen molar-refractivity contribution in [3.63, 3.8) is 0 Å². The molecule has 2 rings (SSSR count). The molecule has 4 nitrogen and oxygen atoms in total. The van der Waals surface area contributed by atoms with Crippen molar-refractivity contribution >= 4 is 40.4 Å². The maximum atomic E-state index is 10.8. The minimum atomic E-state index is -0.841. The monoisotopic (exact) mass is 326 g/mol. The van der Waals surface area contributed by atoms with Crippen molar-refractivity contribution in [2.75, 3.05) is 5.75 Å². The zero-order valence-electron chi connectivity index (χ0n) is 12.4. The summed E-state index contributed by atoms with van der Waals surface area (Å²) in [7, 11) is 0. The number of imidazole rings is 1. The summed E-state index contributed by atoms with van der Waals surface area (Å²) in [6, 6.07) is 5.57. The summed E-state index contributed by atoms with van der Waals surface area (Å²) in [6.07, 6.45) is 1.02. The summed E-state index contributed by atoms with van der Waals surface area (Å²) < 4.78 is 2.08. The summed E-state index contributed by atoms with van der Waals surface area (Å²) in [5, 5.41) is 10.3. The van der Waals surface area contributed by atoms with Gasteiger partial charge in [-0.25, -0.2) is 4.98 Å². The van der Waals surface area contributed by atoms with Gasteiger partial charge in [-0.15, -0.1) is 0 Å². The summed E-state index contributed by atoms with van der Waals surface area (Å²) in [5.74, 6) is -0.838. The van der Waals surface area contributed by atoms with Gasteiger partial charge in [0.05, 0.1) is 16.8 Å². The molecular formula is C15H19ClN2O2S. The minimum absolute atomic E-state index is 0.00358. The van der Waals surface area contributed by atoms with Gasteiger partial charge in [-0.05, 0) is 30.0 Å². The van der Waals surface area contributed by atoms with Gasteiger partial charge in [0.1, 0.15) is 0 Å². The Hall–Kier alpha value is -1.20. The van der Waals surface area contributed by atoms with Crippen molar-refractivity contribution in [2.24, 2.45) is 5.41 Å². The van der Waals surface area contributed by atoms with E-state index in [9.17, 15) is 4.79 Å². The third-order valence-electron chi connectivity index (χ3n) is 3.54. The lowest BCUT2D eigenvalue weighted by Crippen LogP contribution is -2.19. The van der Waals surface area contributed by atoms with Gasteiger partial charge < -0.3 is 9.67 Å². The van der Waals surface area contributed by atoms with Crippen LogP contribution in [0.4, 0.5) is 0 Å². The lowest BCUT2D eigenvalue weighted by atomic mass is 9.90. The fraction of sp³-hybridized carbons (Fsp3) is 0.467. The van der Waals surface area contributed by atoms with E-state index in [4.69, 9.17) is 16.7 Å². The molecular weight excluding hydrogens is 308 g/mol. The Morgan fingerprint density at radius 3 is 2.81 bits per heavy atom. The normalized spacial score (nSPS) is 12.0. The molecule has 2 aromatic rings. The quantitative estimate of drug-likeness (QED) is 0.804. The summed E-state index contributed by atoms with van der Waals surface area (Å²) in [4.78, 5) is 15.4. The number of fused-ring (bicyclic) bond motifs is 1. The third-order valence-corrected chi connectivity index (χ3v) is 4.74. The molecule has 1 aromatic carbocycles. The second kappa shape index (κ2) is 6.28. The molecule has 0 aliphatic rings. The molecule has 21 heavy (non-hydrogen) atoms. The van der Waals surface area contributed by atoms with Crippen LogP contribution in [-0.4, -0.2) is 26.4 Å². The Morgan fingerprint density at radius 2 is 2.19 bits per heavy atom. The topological polar surface area (TPSA) is 55.1 Å². The largest absolute Gasteiger partial charge is 0.481 e. The number of benzene rings is 1. The first-order chi connectivity index (χ1) is 9.82. The molecule has 0 radical (unpaired) electrons. The van der Waals surface area contributed by atoms with Crippen molar-refractivity contribution in [2.45, 2.75) is 38.9 Å². The van der Waals surface area contributed by atoms with E-state index in [2.05, 4.69) is 30.3 Å². The average Bonchev–Trinajstić information content (AvgIpc) is 2.74. The Balaban J connectivity index is 2.47. The number of rotatable bonds is 6. The van der Waals surface area contributed by atoms with E-state index in [1.54, 1.807) is 6.07 Å². The van der Waals surface area contributed by atoms with Crippen LogP contribution in [0.1, 0.15) is 27.2 Å². The highest BCUT2D eigenvalue weighted by atomic mass is 35.5. The standard InChI is InChI=1S/C15H19ClN2O2S/c1-4-15(2,3)9-18-12-7-10(16)5-6-11(12)17-14(18)21-8-13(19)20/h5-7H,4,8-9H2,1-3H3,(H,19,20). The predicted octanol–water partition coefficient (Wildman–Crippen LogP) is 4.30. The van der Waals surface area contributed by atoms with Gasteiger partial charge in [0.15, 0.2) is 5.16 Å². The fourth-order valence-corrected chi connectivity index (χ4v) is 2.90. The number of hydrogen-bond acceptors (Lipinski definition) is 3. The van der Waals surface area contributed by atoms with Gasteiger partial charge in [-0.1, -0.05) is 44.1 Å². The molecule has 0 unspecified atom stereocenters. The number of carboxylic acid groups (broad SMARTS) is 1. The molecule has 1 heterocycles. The molecule has 0 fully saturated rings. The summed E-state index contributed by atoms with van der Waals surface area (Å²) in [5.41, 5.74) is 1.91. The van der Waals surface area contributed by atoms with Gasteiger partial charge in [0, 0.05) is 11.6 Å². The number of thioether (sulfide) groups is 1. The zero-order chi connectivity index (χ0) is 15.6. The van der Waals surface area contributed by atoms with Crippen molar-refractivity contribution in [3.05, 3.63) is 23.2 Å². The highest BCUT2D eigenvalue weighted by Gasteiger charge is 2.21. The van der Waals surface area contributed by atoms with Crippen LogP contribution < -0.4 is 0 Å². The van der Waals surface area contributed by atoms with Crippen molar-refractivity contribution in [1.29, 1.82) is 0 Å². The molecule has 0 saturated carbocycles. The minimum Gasteiger partial charge on any atom is -0.481 e. The smallest absolute Gasteiger partial charge is 0.313 e. The van der Waals surface area contributed by atoms with E-state index >= 15 is 0 Å². The van der Waals surface area contributed by atoms with E-state index in [0.717, 1.165) is 29.2 Å². The molecule has 0 aliphatic carbocycles. The molecule has 0 saturated heterocycles. The van der Waals surface area contributed by atoms with Crippen molar-refractivity contribution in [1.82, 2.24) is 9.55 Å². The molecule has 0 bridgehead atoms. The zero-order valence-corrected chi connectivity index (χ0v) is 14.0. The van der Waals surface area contributed by atoms with Crippen LogP contribution in [0.3, 0.4) is 0 Å². The average molecular weight is 327 g/mol. The van der Waals surface area contributed by atoms with E-state index in [-0.39, 0.29) is 11.2 Å². The molecule has 6 heteroatoms. The van der Waals surface area contributed by atoms with Gasteiger partial charge in [-0.2, -0.15) is 0 Å². The summed E-state index contributed by atoms with van der Waals surface area (Å²) >= 11 is 7.34.